The first-order valence-corrected chi connectivity index (χ1v) is 8.20. The Kier molecular flexibility index (Phi) is 7.63. The fourth-order valence-electron chi connectivity index (χ4n) is 2.91. The summed E-state index contributed by atoms with van der Waals surface area (Å²) >= 11 is 0. The summed E-state index contributed by atoms with van der Waals surface area (Å²) in [6, 6.07) is -0.00122. The van der Waals surface area contributed by atoms with Crippen molar-refractivity contribution in [2.24, 2.45) is 11.7 Å². The van der Waals surface area contributed by atoms with Crippen molar-refractivity contribution in [3.05, 3.63) is 0 Å². The van der Waals surface area contributed by atoms with Crippen molar-refractivity contribution in [2.75, 3.05) is 47.3 Å². The fraction of sp³-hybridized carbons (Fsp3) is 0.938. The maximum Gasteiger partial charge on any atom is 0.239 e. The number of nitrogens with zero attached hydrogens (tertiary/aromatic N) is 3. The van der Waals surface area contributed by atoms with Gasteiger partial charge in [0, 0.05) is 19.1 Å². The number of likely N-dealkylation sites (tertiary alicyclic amines) is 1. The number of carbonyl (C=O) groups is 1. The van der Waals surface area contributed by atoms with Gasteiger partial charge >= 0.3 is 0 Å². The molecule has 2 N–H and O–H groups in total. The van der Waals surface area contributed by atoms with Crippen LogP contribution >= 0.6 is 0 Å². The number of amides is 1. The van der Waals surface area contributed by atoms with Crippen molar-refractivity contribution in [3.63, 3.8) is 0 Å². The van der Waals surface area contributed by atoms with Crippen LogP contribution in [0.2, 0.25) is 0 Å². The summed E-state index contributed by atoms with van der Waals surface area (Å²) in [7, 11) is 6.24. The summed E-state index contributed by atoms with van der Waals surface area (Å²) in [6.45, 7) is 8.05. The van der Waals surface area contributed by atoms with Gasteiger partial charge < -0.3 is 20.4 Å². The lowest BCUT2D eigenvalue weighted by Crippen LogP contribution is -2.53. The average molecular weight is 298 g/mol. The Hall–Kier alpha value is -0.650. The molecule has 5 nitrogen and oxygen atoms in total. The van der Waals surface area contributed by atoms with Gasteiger partial charge in [-0.25, -0.2) is 0 Å². The molecule has 1 saturated heterocycles. The molecule has 0 radical (unpaired) electrons. The van der Waals surface area contributed by atoms with Gasteiger partial charge in [0.1, 0.15) is 0 Å². The Balaban J connectivity index is 2.68. The minimum atomic E-state index is -0.355. The second kappa shape index (κ2) is 8.71. The SMILES string of the molecule is CC(C)CC(N)C(=O)N(CCN(C)C)C1CCN(C)CC1. The van der Waals surface area contributed by atoms with Crippen molar-refractivity contribution < 1.29 is 4.79 Å². The molecule has 0 bridgehead atoms. The van der Waals surface area contributed by atoms with E-state index < -0.39 is 0 Å². The van der Waals surface area contributed by atoms with Crippen LogP contribution in [0.3, 0.4) is 0 Å². The lowest BCUT2D eigenvalue weighted by Gasteiger charge is -2.39. The highest BCUT2D eigenvalue weighted by molar-refractivity contribution is 5.82. The largest absolute Gasteiger partial charge is 0.337 e. The molecule has 0 aromatic heterocycles. The molecular weight excluding hydrogens is 264 g/mol. The topological polar surface area (TPSA) is 52.8 Å². The normalized spacial score (nSPS) is 19.2. The summed E-state index contributed by atoms with van der Waals surface area (Å²) in [5, 5.41) is 0. The predicted molar refractivity (Wildman–Crippen MR) is 88.2 cm³/mol. The Morgan fingerprint density at radius 1 is 1.24 bits per heavy atom. The van der Waals surface area contributed by atoms with E-state index >= 15 is 0 Å². The van der Waals surface area contributed by atoms with Crippen molar-refractivity contribution >= 4 is 5.91 Å². The standard InChI is InChI=1S/C16H34N4O/c1-13(2)12-15(17)16(21)20(11-10-18(3)4)14-6-8-19(5)9-7-14/h13-15H,6-12,17H2,1-5H3. The summed E-state index contributed by atoms with van der Waals surface area (Å²) in [5.74, 6) is 0.595. The first-order valence-electron chi connectivity index (χ1n) is 8.20. The third kappa shape index (κ3) is 6.32. The van der Waals surface area contributed by atoms with E-state index in [-0.39, 0.29) is 11.9 Å². The van der Waals surface area contributed by atoms with Gasteiger partial charge in [0.05, 0.1) is 6.04 Å². The Morgan fingerprint density at radius 2 is 1.81 bits per heavy atom. The maximum absolute atomic E-state index is 12.7. The van der Waals surface area contributed by atoms with E-state index in [4.69, 9.17) is 5.73 Å². The van der Waals surface area contributed by atoms with Crippen molar-refractivity contribution in [2.45, 2.75) is 45.2 Å². The van der Waals surface area contributed by atoms with Crippen molar-refractivity contribution in [3.8, 4) is 0 Å². The summed E-state index contributed by atoms with van der Waals surface area (Å²) in [5.41, 5.74) is 6.14. The third-order valence-corrected chi connectivity index (χ3v) is 4.24. The average Bonchev–Trinajstić information content (AvgIpc) is 2.39. The molecule has 0 aromatic carbocycles. The van der Waals surface area contributed by atoms with Crippen LogP contribution in [0.4, 0.5) is 0 Å². The highest BCUT2D eigenvalue weighted by Gasteiger charge is 2.29. The lowest BCUT2D eigenvalue weighted by atomic mass is 9.99. The second-order valence-corrected chi connectivity index (χ2v) is 7.11. The fourth-order valence-corrected chi connectivity index (χ4v) is 2.91. The smallest absolute Gasteiger partial charge is 0.239 e. The number of carbonyl (C=O) groups excluding carboxylic acids is 1. The molecule has 1 rings (SSSR count). The van der Waals surface area contributed by atoms with Gasteiger partial charge in [-0.1, -0.05) is 13.8 Å². The van der Waals surface area contributed by atoms with Gasteiger partial charge in [-0.2, -0.15) is 0 Å². The van der Waals surface area contributed by atoms with Gasteiger partial charge in [-0.3, -0.25) is 4.79 Å². The van der Waals surface area contributed by atoms with Crippen LogP contribution in [-0.4, -0.2) is 80.0 Å². The van der Waals surface area contributed by atoms with Gasteiger partial charge in [0.25, 0.3) is 0 Å². The molecule has 1 fully saturated rings. The van der Waals surface area contributed by atoms with Crippen LogP contribution in [0.15, 0.2) is 0 Å². The Morgan fingerprint density at radius 3 is 2.29 bits per heavy atom. The molecular formula is C16H34N4O. The molecule has 0 spiro atoms. The van der Waals surface area contributed by atoms with E-state index in [1.807, 2.05) is 14.1 Å². The first-order chi connectivity index (χ1) is 9.81. The van der Waals surface area contributed by atoms with Gasteiger partial charge in [0.2, 0.25) is 5.91 Å². The van der Waals surface area contributed by atoms with E-state index in [0.717, 1.165) is 45.4 Å². The van der Waals surface area contributed by atoms with Crippen LogP contribution in [0.25, 0.3) is 0 Å². The number of piperidine rings is 1. The number of nitrogens with two attached hydrogens (primary N) is 1. The summed E-state index contributed by atoms with van der Waals surface area (Å²) in [4.78, 5) is 19.3. The third-order valence-electron chi connectivity index (χ3n) is 4.24. The minimum absolute atomic E-state index is 0.139. The highest BCUT2D eigenvalue weighted by Crippen LogP contribution is 2.17. The van der Waals surface area contributed by atoms with Crippen molar-refractivity contribution in [1.29, 1.82) is 0 Å². The van der Waals surface area contributed by atoms with Crippen LogP contribution in [0.1, 0.15) is 33.1 Å². The monoisotopic (exact) mass is 298 g/mol. The van der Waals surface area contributed by atoms with Gasteiger partial charge in [-0.05, 0) is 59.4 Å². The maximum atomic E-state index is 12.7. The first kappa shape index (κ1) is 18.4. The van der Waals surface area contributed by atoms with Crippen LogP contribution in [-0.2, 0) is 4.79 Å². The van der Waals surface area contributed by atoms with Crippen molar-refractivity contribution in [1.82, 2.24) is 14.7 Å². The van der Waals surface area contributed by atoms with E-state index in [0.29, 0.717) is 12.0 Å². The predicted octanol–water partition coefficient (Wildman–Crippen LogP) is 0.844. The highest BCUT2D eigenvalue weighted by atomic mass is 16.2. The zero-order valence-corrected chi connectivity index (χ0v) is 14.5. The molecule has 0 aromatic rings. The number of hydrogen-bond acceptors (Lipinski definition) is 4. The van der Waals surface area contributed by atoms with Crippen LogP contribution in [0, 0.1) is 5.92 Å². The number of hydrogen-bond donors (Lipinski definition) is 1. The Labute approximate surface area is 130 Å². The molecule has 1 heterocycles. The molecule has 0 aliphatic carbocycles. The van der Waals surface area contributed by atoms with Gasteiger partial charge in [-0.15, -0.1) is 0 Å². The summed E-state index contributed by atoms with van der Waals surface area (Å²) in [6.07, 6.45) is 2.89. The molecule has 1 aliphatic rings. The molecule has 124 valence electrons. The van der Waals surface area contributed by atoms with Gasteiger partial charge in [0.15, 0.2) is 0 Å². The quantitative estimate of drug-likeness (QED) is 0.757. The summed E-state index contributed by atoms with van der Waals surface area (Å²) < 4.78 is 0. The number of likely N-dealkylation sites (N-methyl/N-ethyl adjacent to an activating group) is 1. The second-order valence-electron chi connectivity index (χ2n) is 7.11. The zero-order chi connectivity index (χ0) is 16.0. The molecule has 1 aliphatic heterocycles. The molecule has 0 saturated carbocycles. The molecule has 1 atom stereocenters. The van der Waals surface area contributed by atoms with E-state index in [2.05, 4.69) is 35.6 Å². The molecule has 1 amide bonds. The van der Waals surface area contributed by atoms with Crippen LogP contribution < -0.4 is 5.73 Å². The van der Waals surface area contributed by atoms with E-state index in [1.165, 1.54) is 0 Å². The molecule has 1 unspecified atom stereocenters. The minimum Gasteiger partial charge on any atom is -0.337 e. The molecule has 5 heteroatoms. The lowest BCUT2D eigenvalue weighted by molar-refractivity contribution is -0.136. The van der Waals surface area contributed by atoms with E-state index in [1.54, 1.807) is 0 Å². The van der Waals surface area contributed by atoms with E-state index in [9.17, 15) is 4.79 Å². The number of rotatable bonds is 7. The molecule has 21 heavy (non-hydrogen) atoms. The van der Waals surface area contributed by atoms with Crippen LogP contribution in [0.5, 0.6) is 0 Å². The Bertz CT molecular complexity index is 311. The zero-order valence-electron chi connectivity index (χ0n) is 14.5.